The summed E-state index contributed by atoms with van der Waals surface area (Å²) in [5, 5.41) is 21.2. The highest BCUT2D eigenvalue weighted by Crippen LogP contribution is 2.17. The lowest BCUT2D eigenvalue weighted by molar-refractivity contribution is -0.138. The number of hydrogen-bond acceptors (Lipinski definition) is 7. The quantitative estimate of drug-likeness (QED) is 0.343. The molecule has 0 atom stereocenters. The lowest BCUT2D eigenvalue weighted by Gasteiger charge is -1.99. The van der Waals surface area contributed by atoms with Crippen molar-refractivity contribution in [1.29, 1.82) is 5.26 Å². The molecule has 6 nitrogen and oxygen atoms in total. The number of hydrogen-bond donors (Lipinski definition) is 1. The van der Waals surface area contributed by atoms with Crippen molar-refractivity contribution in [2.45, 2.75) is 39.5 Å². The highest BCUT2D eigenvalue weighted by molar-refractivity contribution is 7.15. The van der Waals surface area contributed by atoms with E-state index in [0.717, 1.165) is 24.3 Å². The van der Waals surface area contributed by atoms with Crippen molar-refractivity contribution in [2.75, 3.05) is 11.9 Å². The van der Waals surface area contributed by atoms with Crippen LogP contribution < -0.4 is 5.32 Å². The minimum Gasteiger partial charge on any atom is -0.462 e. The van der Waals surface area contributed by atoms with E-state index in [1.165, 1.54) is 24.0 Å². The average molecular weight is 294 g/mol. The number of nitrogens with zero attached hydrogens (tertiary/aromatic N) is 3. The zero-order valence-corrected chi connectivity index (χ0v) is 12.5. The monoisotopic (exact) mass is 294 g/mol. The number of esters is 1. The maximum absolute atomic E-state index is 11.4. The minimum atomic E-state index is -0.643. The molecular weight excluding hydrogens is 276 g/mol. The van der Waals surface area contributed by atoms with Gasteiger partial charge in [-0.05, 0) is 13.3 Å². The second-order valence-corrected chi connectivity index (χ2v) is 5.05. The Labute approximate surface area is 122 Å². The van der Waals surface area contributed by atoms with Crippen LogP contribution >= 0.6 is 11.3 Å². The third kappa shape index (κ3) is 5.36. The number of aromatic nitrogens is 2. The van der Waals surface area contributed by atoms with Gasteiger partial charge in [0.1, 0.15) is 11.1 Å². The van der Waals surface area contributed by atoms with Gasteiger partial charge in [-0.3, -0.25) is 0 Å². The second-order valence-electron chi connectivity index (χ2n) is 3.99. The SMILES string of the molecule is CCCCCc1nnc(N/C=C(\C#N)C(=O)OCC)s1. The molecule has 0 bridgehead atoms. The van der Waals surface area contributed by atoms with E-state index < -0.39 is 5.97 Å². The Hall–Kier alpha value is -1.94. The number of nitriles is 1. The first-order valence-corrected chi connectivity index (χ1v) is 7.39. The number of carbonyl (C=O) groups is 1. The zero-order valence-electron chi connectivity index (χ0n) is 11.7. The van der Waals surface area contributed by atoms with E-state index in [1.807, 2.05) is 0 Å². The van der Waals surface area contributed by atoms with Gasteiger partial charge < -0.3 is 10.1 Å². The summed E-state index contributed by atoms with van der Waals surface area (Å²) in [5.74, 6) is -0.643. The Kier molecular flexibility index (Phi) is 7.29. The number of anilines is 1. The average Bonchev–Trinajstić information content (AvgIpc) is 2.88. The van der Waals surface area contributed by atoms with E-state index in [2.05, 4.69) is 22.4 Å². The van der Waals surface area contributed by atoms with Crippen LogP contribution in [0.1, 0.15) is 38.1 Å². The number of unbranched alkanes of at least 4 members (excludes halogenated alkanes) is 2. The number of ether oxygens (including phenoxy) is 1. The molecule has 0 amide bonds. The summed E-state index contributed by atoms with van der Waals surface area (Å²) in [6.45, 7) is 4.07. The lowest BCUT2D eigenvalue weighted by Crippen LogP contribution is -2.07. The molecule has 0 radical (unpaired) electrons. The fourth-order valence-electron chi connectivity index (χ4n) is 1.42. The minimum absolute atomic E-state index is 0.0883. The first kappa shape index (κ1) is 16.1. The first-order chi connectivity index (χ1) is 9.71. The summed E-state index contributed by atoms with van der Waals surface area (Å²) in [5.41, 5.74) is -0.0883. The molecule has 0 saturated heterocycles. The molecule has 1 rings (SSSR count). The van der Waals surface area contributed by atoms with Crippen molar-refractivity contribution < 1.29 is 9.53 Å². The molecule has 1 heterocycles. The molecule has 0 aliphatic heterocycles. The third-order valence-corrected chi connectivity index (χ3v) is 3.33. The highest BCUT2D eigenvalue weighted by Gasteiger charge is 2.10. The molecule has 1 aromatic heterocycles. The standard InChI is InChI=1S/C13H18N4O2S/c1-3-5-6-7-11-16-17-13(20-11)15-9-10(8-14)12(18)19-4-2/h9H,3-7H2,1-2H3,(H,15,17)/b10-9+. The van der Waals surface area contributed by atoms with Crippen molar-refractivity contribution in [1.82, 2.24) is 10.2 Å². The van der Waals surface area contributed by atoms with Crippen LogP contribution in [0, 0.1) is 11.3 Å². The molecule has 7 heteroatoms. The fraction of sp³-hybridized carbons (Fsp3) is 0.538. The van der Waals surface area contributed by atoms with Gasteiger partial charge >= 0.3 is 5.97 Å². The number of carbonyl (C=O) groups excluding carboxylic acids is 1. The van der Waals surface area contributed by atoms with Gasteiger partial charge in [0.2, 0.25) is 5.13 Å². The van der Waals surface area contributed by atoms with Crippen LogP contribution in [-0.4, -0.2) is 22.8 Å². The van der Waals surface area contributed by atoms with Crippen molar-refractivity contribution in [3.05, 3.63) is 16.8 Å². The van der Waals surface area contributed by atoms with Gasteiger partial charge in [-0.1, -0.05) is 31.1 Å². The molecule has 1 aromatic rings. The Morgan fingerprint density at radius 1 is 1.45 bits per heavy atom. The molecule has 1 N–H and O–H groups in total. The van der Waals surface area contributed by atoms with E-state index in [-0.39, 0.29) is 12.2 Å². The molecule has 0 fully saturated rings. The van der Waals surface area contributed by atoms with Crippen LogP contribution in [-0.2, 0) is 16.0 Å². The number of aryl methyl sites for hydroxylation is 1. The molecule has 0 aromatic carbocycles. The summed E-state index contributed by atoms with van der Waals surface area (Å²) in [6, 6.07) is 1.79. The van der Waals surface area contributed by atoms with Crippen LogP contribution in [0.25, 0.3) is 0 Å². The van der Waals surface area contributed by atoms with Crippen LogP contribution in [0.15, 0.2) is 11.8 Å². The summed E-state index contributed by atoms with van der Waals surface area (Å²) in [6.07, 6.45) is 5.63. The highest BCUT2D eigenvalue weighted by atomic mass is 32.1. The maximum Gasteiger partial charge on any atom is 0.350 e. The molecule has 0 unspecified atom stereocenters. The van der Waals surface area contributed by atoms with E-state index in [4.69, 9.17) is 10.00 Å². The van der Waals surface area contributed by atoms with Crippen molar-refractivity contribution in [3.63, 3.8) is 0 Å². The predicted molar refractivity (Wildman–Crippen MR) is 77.1 cm³/mol. The second kappa shape index (κ2) is 9.04. The normalized spacial score (nSPS) is 10.9. The van der Waals surface area contributed by atoms with E-state index >= 15 is 0 Å². The van der Waals surface area contributed by atoms with E-state index in [0.29, 0.717) is 5.13 Å². The molecule has 0 aliphatic carbocycles. The van der Waals surface area contributed by atoms with Crippen molar-refractivity contribution in [3.8, 4) is 6.07 Å². The Morgan fingerprint density at radius 3 is 2.90 bits per heavy atom. The number of nitrogens with one attached hydrogen (secondary N) is 1. The van der Waals surface area contributed by atoms with Crippen molar-refractivity contribution >= 4 is 22.4 Å². The summed E-state index contributed by atoms with van der Waals surface area (Å²) >= 11 is 1.42. The fourth-order valence-corrected chi connectivity index (χ4v) is 2.17. The summed E-state index contributed by atoms with van der Waals surface area (Å²) < 4.78 is 4.75. The van der Waals surface area contributed by atoms with Gasteiger partial charge in [-0.15, -0.1) is 10.2 Å². The third-order valence-electron chi connectivity index (χ3n) is 2.42. The summed E-state index contributed by atoms with van der Waals surface area (Å²) in [7, 11) is 0. The maximum atomic E-state index is 11.4. The van der Waals surface area contributed by atoms with Crippen LogP contribution in [0.2, 0.25) is 0 Å². The van der Waals surface area contributed by atoms with Crippen LogP contribution in [0.5, 0.6) is 0 Å². The Bertz CT molecular complexity index is 505. The largest absolute Gasteiger partial charge is 0.462 e. The Balaban J connectivity index is 2.55. The van der Waals surface area contributed by atoms with Crippen LogP contribution in [0.4, 0.5) is 5.13 Å². The molecular formula is C13H18N4O2S. The van der Waals surface area contributed by atoms with Gasteiger partial charge in [0.25, 0.3) is 0 Å². The van der Waals surface area contributed by atoms with E-state index in [1.54, 1.807) is 13.0 Å². The topological polar surface area (TPSA) is 87.9 Å². The predicted octanol–water partition coefficient (Wildman–Crippen LogP) is 2.65. The zero-order chi connectivity index (χ0) is 14.8. The first-order valence-electron chi connectivity index (χ1n) is 6.57. The van der Waals surface area contributed by atoms with Crippen molar-refractivity contribution in [2.24, 2.45) is 0 Å². The van der Waals surface area contributed by atoms with Gasteiger partial charge in [0.05, 0.1) is 6.61 Å². The van der Waals surface area contributed by atoms with Gasteiger partial charge in [0.15, 0.2) is 5.57 Å². The van der Waals surface area contributed by atoms with E-state index in [9.17, 15) is 4.79 Å². The molecule has 20 heavy (non-hydrogen) atoms. The van der Waals surface area contributed by atoms with Crippen LogP contribution in [0.3, 0.4) is 0 Å². The smallest absolute Gasteiger partial charge is 0.350 e. The van der Waals surface area contributed by atoms with Gasteiger partial charge in [-0.2, -0.15) is 5.26 Å². The Morgan fingerprint density at radius 2 is 2.25 bits per heavy atom. The lowest BCUT2D eigenvalue weighted by atomic mass is 10.2. The molecule has 0 spiro atoms. The molecule has 0 saturated carbocycles. The molecule has 108 valence electrons. The molecule has 0 aliphatic rings. The van der Waals surface area contributed by atoms with Gasteiger partial charge in [-0.25, -0.2) is 4.79 Å². The van der Waals surface area contributed by atoms with Gasteiger partial charge in [0, 0.05) is 12.6 Å². The number of rotatable bonds is 8. The summed E-state index contributed by atoms with van der Waals surface area (Å²) in [4.78, 5) is 11.4.